The van der Waals surface area contributed by atoms with E-state index in [2.05, 4.69) is 131 Å². The highest BCUT2D eigenvalue weighted by molar-refractivity contribution is 5.88. The van der Waals surface area contributed by atoms with Crippen LogP contribution in [0.2, 0.25) is 0 Å². The normalized spacial score (nSPS) is 32.2. The van der Waals surface area contributed by atoms with Crippen LogP contribution < -0.4 is 5.32 Å². The van der Waals surface area contributed by atoms with E-state index >= 15 is 0 Å². The molecule has 1 heterocycles. The van der Waals surface area contributed by atoms with Crippen molar-refractivity contribution in [3.8, 4) is 0 Å². The van der Waals surface area contributed by atoms with Crippen LogP contribution in [0.4, 0.5) is 0 Å². The average molecular weight is 584 g/mol. The first kappa shape index (κ1) is 29.8. The van der Waals surface area contributed by atoms with E-state index < -0.39 is 0 Å². The van der Waals surface area contributed by atoms with Gasteiger partial charge in [-0.05, 0) is 107 Å². The second-order valence-electron chi connectivity index (χ2n) is 14.9. The van der Waals surface area contributed by atoms with E-state index in [0.29, 0.717) is 59.4 Å². The molecule has 44 heavy (non-hydrogen) atoms. The summed E-state index contributed by atoms with van der Waals surface area (Å²) < 4.78 is 0. The molecule has 1 nitrogen and oxygen atoms in total. The molecular weight excluding hydrogens is 530 g/mol. The number of hydrogen-bond acceptors (Lipinski definition) is 1. The van der Waals surface area contributed by atoms with Gasteiger partial charge in [-0.1, -0.05) is 137 Å². The molecule has 4 aliphatic rings. The maximum absolute atomic E-state index is 4.26. The molecule has 3 aromatic carbocycles. The fraction of sp³-hybridized carbons (Fsp3) is 0.488. The lowest BCUT2D eigenvalue weighted by Crippen LogP contribution is -2.41. The quantitative estimate of drug-likeness (QED) is 0.292. The summed E-state index contributed by atoms with van der Waals surface area (Å²) in [7, 11) is 0. The predicted octanol–water partition coefficient (Wildman–Crippen LogP) is 11.0. The number of allylic oxidation sites excluding steroid dienone is 5. The highest BCUT2D eigenvalue weighted by atomic mass is 15.0. The van der Waals surface area contributed by atoms with E-state index in [9.17, 15) is 0 Å². The van der Waals surface area contributed by atoms with Crippen LogP contribution in [0.25, 0.3) is 16.3 Å². The van der Waals surface area contributed by atoms with Crippen molar-refractivity contribution in [3.05, 3.63) is 113 Å². The third-order valence-corrected chi connectivity index (χ3v) is 12.1. The van der Waals surface area contributed by atoms with Gasteiger partial charge in [-0.25, -0.2) is 0 Å². The van der Waals surface area contributed by atoms with Crippen LogP contribution in [-0.2, 0) is 0 Å². The Morgan fingerprint density at radius 2 is 1.57 bits per heavy atom. The first-order valence-corrected chi connectivity index (χ1v) is 17.9. The van der Waals surface area contributed by atoms with Crippen LogP contribution in [0.5, 0.6) is 0 Å². The first-order chi connectivity index (χ1) is 21.5. The standard InChI is InChI=1S/C43H53N/c1-6-16-38(40-29(5)44-43(39(40)27(2)3)31-20-9-7-17-28(31)4)42-36-24-13-11-22-34(36)41(35-23-12-14-25-37(35)42)33-26-15-19-30-18-8-10-21-32(30)33/h7-11,13,15,17-22,24,26-29,31,35,38-41,43-44H,6,12,14,16,23,25H2,1-5H3. The Morgan fingerprint density at radius 1 is 0.818 bits per heavy atom. The average Bonchev–Trinajstić information content (AvgIpc) is 3.39. The molecule has 7 rings (SSSR count). The van der Waals surface area contributed by atoms with Crippen LogP contribution in [-0.4, -0.2) is 12.1 Å². The fourth-order valence-electron chi connectivity index (χ4n) is 10.5. The van der Waals surface area contributed by atoms with Crippen molar-refractivity contribution in [1.29, 1.82) is 0 Å². The number of fused-ring (bicyclic) bond motifs is 3. The maximum atomic E-state index is 4.26. The molecule has 230 valence electrons. The van der Waals surface area contributed by atoms with Gasteiger partial charge in [0.1, 0.15) is 0 Å². The van der Waals surface area contributed by atoms with Crippen molar-refractivity contribution in [1.82, 2.24) is 5.32 Å². The van der Waals surface area contributed by atoms with Gasteiger partial charge in [-0.15, -0.1) is 0 Å². The summed E-state index contributed by atoms with van der Waals surface area (Å²) in [4.78, 5) is 0. The van der Waals surface area contributed by atoms with Gasteiger partial charge < -0.3 is 5.32 Å². The molecule has 1 aliphatic heterocycles. The Bertz CT molecular complexity index is 1570. The van der Waals surface area contributed by atoms with Gasteiger partial charge in [0, 0.05) is 18.0 Å². The lowest BCUT2D eigenvalue weighted by molar-refractivity contribution is 0.184. The molecule has 1 N–H and O–H groups in total. The molecule has 9 atom stereocenters. The van der Waals surface area contributed by atoms with Gasteiger partial charge in [0.15, 0.2) is 0 Å². The number of benzene rings is 3. The minimum atomic E-state index is 0.436. The van der Waals surface area contributed by atoms with Crippen molar-refractivity contribution in [3.63, 3.8) is 0 Å². The first-order valence-electron chi connectivity index (χ1n) is 17.9. The summed E-state index contributed by atoms with van der Waals surface area (Å²) in [6.45, 7) is 12.4. The van der Waals surface area contributed by atoms with E-state index in [-0.39, 0.29) is 0 Å². The molecule has 1 saturated carbocycles. The van der Waals surface area contributed by atoms with Gasteiger partial charge in [0.2, 0.25) is 0 Å². The number of nitrogens with one attached hydrogen (secondary N) is 1. The van der Waals surface area contributed by atoms with E-state index in [1.165, 1.54) is 54.9 Å². The zero-order chi connectivity index (χ0) is 30.4. The fourth-order valence-corrected chi connectivity index (χ4v) is 10.5. The largest absolute Gasteiger partial charge is 0.310 e. The van der Waals surface area contributed by atoms with Gasteiger partial charge in [0.25, 0.3) is 0 Å². The van der Waals surface area contributed by atoms with E-state index in [1.807, 2.05) is 5.57 Å². The van der Waals surface area contributed by atoms with Crippen molar-refractivity contribution in [2.45, 2.75) is 91.1 Å². The Hall–Kier alpha value is -2.90. The van der Waals surface area contributed by atoms with Gasteiger partial charge >= 0.3 is 0 Å². The Kier molecular flexibility index (Phi) is 8.45. The zero-order valence-corrected chi connectivity index (χ0v) is 27.7. The van der Waals surface area contributed by atoms with Gasteiger partial charge in [0.05, 0.1) is 0 Å². The summed E-state index contributed by atoms with van der Waals surface area (Å²) in [6, 6.07) is 26.8. The predicted molar refractivity (Wildman–Crippen MR) is 189 cm³/mol. The zero-order valence-electron chi connectivity index (χ0n) is 27.7. The summed E-state index contributed by atoms with van der Waals surface area (Å²) >= 11 is 0. The molecule has 0 aromatic heterocycles. The van der Waals surface area contributed by atoms with Crippen molar-refractivity contribution in [2.75, 3.05) is 0 Å². The van der Waals surface area contributed by atoms with Crippen LogP contribution in [0, 0.1) is 41.4 Å². The lowest BCUT2D eigenvalue weighted by atomic mass is 9.58. The minimum absolute atomic E-state index is 0.436. The summed E-state index contributed by atoms with van der Waals surface area (Å²) in [6.07, 6.45) is 17.3. The molecule has 9 unspecified atom stereocenters. The second-order valence-corrected chi connectivity index (χ2v) is 14.9. The topological polar surface area (TPSA) is 12.0 Å². The van der Waals surface area contributed by atoms with Crippen LogP contribution in [0.3, 0.4) is 0 Å². The van der Waals surface area contributed by atoms with Crippen LogP contribution in [0.15, 0.2) is 96.6 Å². The summed E-state index contributed by atoms with van der Waals surface area (Å²) in [5.41, 5.74) is 8.28. The molecule has 0 spiro atoms. The van der Waals surface area contributed by atoms with Crippen molar-refractivity contribution >= 4 is 16.3 Å². The Labute approximate surface area is 266 Å². The van der Waals surface area contributed by atoms with Crippen LogP contribution in [0.1, 0.15) is 95.8 Å². The molecule has 2 fully saturated rings. The summed E-state index contributed by atoms with van der Waals surface area (Å²) in [5.74, 6) is 4.70. The monoisotopic (exact) mass is 583 g/mol. The molecule has 1 heteroatoms. The second kappa shape index (κ2) is 12.5. The smallest absolute Gasteiger partial charge is 0.0172 e. The number of rotatable bonds is 7. The molecule has 0 bridgehead atoms. The molecular formula is C43H53N. The summed E-state index contributed by atoms with van der Waals surface area (Å²) in [5, 5.41) is 7.07. The van der Waals surface area contributed by atoms with Crippen molar-refractivity contribution in [2.24, 2.45) is 41.4 Å². The maximum Gasteiger partial charge on any atom is 0.0172 e. The number of hydrogen-bond donors (Lipinski definition) is 1. The van der Waals surface area contributed by atoms with Gasteiger partial charge in [-0.2, -0.15) is 0 Å². The molecule has 0 radical (unpaired) electrons. The molecule has 3 aromatic rings. The molecule has 3 aliphatic carbocycles. The van der Waals surface area contributed by atoms with Gasteiger partial charge in [-0.3, -0.25) is 0 Å². The Balaban J connectivity index is 1.38. The lowest BCUT2D eigenvalue weighted by Gasteiger charge is -2.45. The van der Waals surface area contributed by atoms with Crippen LogP contribution >= 0.6 is 0 Å². The SMILES string of the molecule is CCCC(C1=C2CCCCC2C(c2cccc3ccccc23)c2ccccc21)C1C(C)NC(C2C=CC=CC2C)C1C(C)C. The van der Waals surface area contributed by atoms with E-state index in [4.69, 9.17) is 0 Å². The molecule has 1 saturated heterocycles. The Morgan fingerprint density at radius 3 is 2.39 bits per heavy atom. The van der Waals surface area contributed by atoms with Crippen molar-refractivity contribution < 1.29 is 0 Å². The minimum Gasteiger partial charge on any atom is -0.310 e. The highest BCUT2D eigenvalue weighted by Gasteiger charge is 2.51. The molecule has 0 amide bonds. The van der Waals surface area contributed by atoms with E-state index in [0.717, 1.165) is 0 Å². The van der Waals surface area contributed by atoms with E-state index in [1.54, 1.807) is 16.7 Å². The third kappa shape index (κ3) is 5.04. The third-order valence-electron chi connectivity index (χ3n) is 12.1. The highest BCUT2D eigenvalue weighted by Crippen LogP contribution is 2.57.